The van der Waals surface area contributed by atoms with Crippen LogP contribution in [0.1, 0.15) is 78.7 Å². The predicted octanol–water partition coefficient (Wildman–Crippen LogP) is 7.75. The number of aliphatic imine (C=N–C) groups is 2. The molecule has 0 amide bonds. The molecule has 0 aliphatic carbocycles. The van der Waals surface area contributed by atoms with E-state index in [9.17, 15) is 0 Å². The van der Waals surface area contributed by atoms with E-state index in [0.717, 1.165) is 33.9 Å². The standard InChI is InChI=1S/C28H33N3/c1-18(2)25-14-20(5)15-26(19(3)4)28(25)30-17-24-13-9-12-23(31-24)16-29-27-21(6)10-8-11-22(27)7/h8-19H,1-7H3/b29-16+,30-17+. The Morgan fingerprint density at radius 3 is 1.61 bits per heavy atom. The molecule has 0 aliphatic heterocycles. The number of benzene rings is 2. The lowest BCUT2D eigenvalue weighted by Gasteiger charge is -2.17. The number of aryl methyl sites for hydroxylation is 3. The molecule has 31 heavy (non-hydrogen) atoms. The van der Waals surface area contributed by atoms with E-state index in [4.69, 9.17) is 9.98 Å². The van der Waals surface area contributed by atoms with E-state index in [1.165, 1.54) is 16.7 Å². The maximum Gasteiger partial charge on any atom is 0.0820 e. The molecule has 0 spiro atoms. The summed E-state index contributed by atoms with van der Waals surface area (Å²) in [5, 5.41) is 0. The highest BCUT2D eigenvalue weighted by molar-refractivity contribution is 5.85. The van der Waals surface area contributed by atoms with E-state index in [2.05, 4.69) is 83.8 Å². The minimum atomic E-state index is 0.410. The lowest BCUT2D eigenvalue weighted by molar-refractivity contribution is 0.832. The van der Waals surface area contributed by atoms with Gasteiger partial charge in [0, 0.05) is 0 Å². The van der Waals surface area contributed by atoms with Gasteiger partial charge in [0.05, 0.1) is 35.2 Å². The van der Waals surface area contributed by atoms with Gasteiger partial charge in [0.15, 0.2) is 0 Å². The van der Waals surface area contributed by atoms with Crippen molar-refractivity contribution in [1.29, 1.82) is 0 Å². The van der Waals surface area contributed by atoms with E-state index in [1.807, 2.05) is 30.6 Å². The van der Waals surface area contributed by atoms with Gasteiger partial charge in [-0.05, 0) is 67.0 Å². The normalized spacial score (nSPS) is 12.0. The van der Waals surface area contributed by atoms with Gasteiger partial charge in [-0.3, -0.25) is 9.98 Å². The van der Waals surface area contributed by atoms with Crippen molar-refractivity contribution in [2.45, 2.75) is 60.3 Å². The highest BCUT2D eigenvalue weighted by Gasteiger charge is 2.14. The molecule has 1 aromatic heterocycles. The molecule has 0 N–H and O–H groups in total. The van der Waals surface area contributed by atoms with Gasteiger partial charge in [-0.15, -0.1) is 0 Å². The molecule has 3 rings (SSSR count). The fraction of sp³-hybridized carbons (Fsp3) is 0.321. The number of para-hydroxylation sites is 1. The van der Waals surface area contributed by atoms with Crippen LogP contribution >= 0.6 is 0 Å². The molecule has 0 aliphatic rings. The first-order valence-corrected chi connectivity index (χ1v) is 11.0. The van der Waals surface area contributed by atoms with Gasteiger partial charge in [-0.2, -0.15) is 0 Å². The van der Waals surface area contributed by atoms with Crippen molar-refractivity contribution in [3.05, 3.63) is 87.7 Å². The fourth-order valence-corrected chi connectivity index (χ4v) is 3.75. The summed E-state index contributed by atoms with van der Waals surface area (Å²) in [6.45, 7) is 15.2. The van der Waals surface area contributed by atoms with Gasteiger partial charge in [0.25, 0.3) is 0 Å². The number of nitrogens with zero attached hydrogens (tertiary/aromatic N) is 3. The van der Waals surface area contributed by atoms with Gasteiger partial charge in [-0.25, -0.2) is 4.98 Å². The molecule has 0 saturated heterocycles. The Labute approximate surface area is 187 Å². The van der Waals surface area contributed by atoms with E-state index >= 15 is 0 Å². The second kappa shape index (κ2) is 9.82. The Kier molecular flexibility index (Phi) is 7.17. The molecule has 2 aromatic carbocycles. The second-order valence-electron chi connectivity index (χ2n) is 8.85. The zero-order valence-corrected chi connectivity index (χ0v) is 19.8. The van der Waals surface area contributed by atoms with Crippen LogP contribution in [0, 0.1) is 20.8 Å². The molecule has 3 heteroatoms. The number of pyridine rings is 1. The van der Waals surface area contributed by atoms with Gasteiger partial charge >= 0.3 is 0 Å². The number of hydrogen-bond acceptors (Lipinski definition) is 3. The van der Waals surface area contributed by atoms with Crippen molar-refractivity contribution in [3.63, 3.8) is 0 Å². The third kappa shape index (κ3) is 5.55. The third-order valence-electron chi connectivity index (χ3n) is 5.44. The lowest BCUT2D eigenvalue weighted by Crippen LogP contribution is -1.98. The zero-order valence-electron chi connectivity index (χ0n) is 19.8. The predicted molar refractivity (Wildman–Crippen MR) is 134 cm³/mol. The van der Waals surface area contributed by atoms with Crippen LogP contribution in [0.2, 0.25) is 0 Å². The molecule has 1 heterocycles. The maximum absolute atomic E-state index is 4.92. The molecule has 3 aromatic rings. The third-order valence-corrected chi connectivity index (χ3v) is 5.44. The van der Waals surface area contributed by atoms with Crippen molar-refractivity contribution in [1.82, 2.24) is 4.98 Å². The minimum absolute atomic E-state index is 0.410. The highest BCUT2D eigenvalue weighted by atomic mass is 14.8. The van der Waals surface area contributed by atoms with Crippen molar-refractivity contribution < 1.29 is 0 Å². The monoisotopic (exact) mass is 411 g/mol. The molecule has 0 atom stereocenters. The summed E-state index contributed by atoms with van der Waals surface area (Å²) in [4.78, 5) is 14.3. The number of hydrogen-bond donors (Lipinski definition) is 0. The highest BCUT2D eigenvalue weighted by Crippen LogP contribution is 2.36. The smallest absolute Gasteiger partial charge is 0.0820 e. The Hall–Kier alpha value is -3.07. The number of rotatable bonds is 6. The first kappa shape index (κ1) is 22.6. The van der Waals surface area contributed by atoms with Crippen molar-refractivity contribution in [3.8, 4) is 0 Å². The average molecular weight is 412 g/mol. The van der Waals surface area contributed by atoms with Crippen molar-refractivity contribution >= 4 is 23.8 Å². The quantitative estimate of drug-likeness (QED) is 0.382. The molecule has 0 unspecified atom stereocenters. The first-order chi connectivity index (χ1) is 14.8. The SMILES string of the molecule is Cc1cc(C(C)C)c(/N=C/c2cccc(/C=N/c3c(C)cccc3C)n2)c(C(C)C)c1. The first-order valence-electron chi connectivity index (χ1n) is 11.0. The summed E-state index contributed by atoms with van der Waals surface area (Å²) in [6, 6.07) is 16.7. The Morgan fingerprint density at radius 1 is 0.677 bits per heavy atom. The largest absolute Gasteiger partial charge is 0.254 e. The second-order valence-corrected chi connectivity index (χ2v) is 8.85. The van der Waals surface area contributed by atoms with Crippen LogP contribution in [-0.2, 0) is 0 Å². The molecular formula is C28H33N3. The molecule has 3 nitrogen and oxygen atoms in total. The summed E-state index contributed by atoms with van der Waals surface area (Å²) < 4.78 is 0. The average Bonchev–Trinajstić information content (AvgIpc) is 2.72. The van der Waals surface area contributed by atoms with Crippen LogP contribution in [0.15, 0.2) is 58.5 Å². The summed E-state index contributed by atoms with van der Waals surface area (Å²) in [7, 11) is 0. The van der Waals surface area contributed by atoms with Crippen LogP contribution < -0.4 is 0 Å². The molecule has 160 valence electrons. The van der Waals surface area contributed by atoms with Crippen molar-refractivity contribution in [2.75, 3.05) is 0 Å². The van der Waals surface area contributed by atoms with Crippen LogP contribution in [0.25, 0.3) is 0 Å². The van der Waals surface area contributed by atoms with Crippen LogP contribution in [0.3, 0.4) is 0 Å². The maximum atomic E-state index is 4.92. The van der Waals surface area contributed by atoms with Crippen molar-refractivity contribution in [2.24, 2.45) is 9.98 Å². The van der Waals surface area contributed by atoms with E-state index in [1.54, 1.807) is 0 Å². The summed E-state index contributed by atoms with van der Waals surface area (Å²) in [6.07, 6.45) is 3.70. The fourth-order valence-electron chi connectivity index (χ4n) is 3.75. The summed E-state index contributed by atoms with van der Waals surface area (Å²) in [5.74, 6) is 0.821. The topological polar surface area (TPSA) is 37.6 Å². The molecule has 0 radical (unpaired) electrons. The minimum Gasteiger partial charge on any atom is -0.254 e. The zero-order chi connectivity index (χ0) is 22.5. The van der Waals surface area contributed by atoms with E-state index < -0.39 is 0 Å². The Balaban J connectivity index is 1.94. The molecule has 0 saturated carbocycles. The van der Waals surface area contributed by atoms with Crippen LogP contribution in [0.4, 0.5) is 11.4 Å². The van der Waals surface area contributed by atoms with Gasteiger partial charge in [0.1, 0.15) is 0 Å². The van der Waals surface area contributed by atoms with Gasteiger partial charge < -0.3 is 0 Å². The van der Waals surface area contributed by atoms with Crippen LogP contribution in [-0.4, -0.2) is 17.4 Å². The lowest BCUT2D eigenvalue weighted by atomic mass is 9.91. The Bertz CT molecular complexity index is 1070. The van der Waals surface area contributed by atoms with Gasteiger partial charge in [0.2, 0.25) is 0 Å². The van der Waals surface area contributed by atoms with E-state index in [-0.39, 0.29) is 0 Å². The molecule has 0 fully saturated rings. The molecule has 0 bridgehead atoms. The summed E-state index contributed by atoms with van der Waals surface area (Å²) in [5.41, 5.74) is 9.92. The van der Waals surface area contributed by atoms with Gasteiger partial charge in [-0.1, -0.05) is 69.7 Å². The van der Waals surface area contributed by atoms with E-state index in [0.29, 0.717) is 11.8 Å². The molecular weight excluding hydrogens is 378 g/mol. The summed E-state index contributed by atoms with van der Waals surface area (Å²) >= 11 is 0. The Morgan fingerprint density at radius 2 is 1.13 bits per heavy atom. The van der Waals surface area contributed by atoms with Crippen LogP contribution in [0.5, 0.6) is 0 Å². The number of aromatic nitrogens is 1.